The van der Waals surface area contributed by atoms with Crippen molar-refractivity contribution in [3.63, 3.8) is 0 Å². The van der Waals surface area contributed by atoms with Gasteiger partial charge < -0.3 is 14.2 Å². The number of hydrogen-bond acceptors (Lipinski definition) is 5. The Morgan fingerprint density at radius 2 is 1.74 bits per heavy atom. The molecule has 0 radical (unpaired) electrons. The second kappa shape index (κ2) is 7.62. The summed E-state index contributed by atoms with van der Waals surface area (Å²) >= 11 is 12.0. The summed E-state index contributed by atoms with van der Waals surface area (Å²) < 4.78 is 15.9. The van der Waals surface area contributed by atoms with Gasteiger partial charge in [-0.2, -0.15) is 0 Å². The number of esters is 2. The molecule has 140 valence electrons. The van der Waals surface area contributed by atoms with E-state index >= 15 is 0 Å². The molecular formula is C20H16Cl2O5. The molecule has 0 spiro atoms. The van der Waals surface area contributed by atoms with Crippen molar-refractivity contribution in [3.05, 3.63) is 69.2 Å². The van der Waals surface area contributed by atoms with E-state index in [-0.39, 0.29) is 12.2 Å². The smallest absolute Gasteiger partial charge is 0.348 e. The highest BCUT2D eigenvalue weighted by Crippen LogP contribution is 2.26. The zero-order valence-corrected chi connectivity index (χ0v) is 16.1. The van der Waals surface area contributed by atoms with Crippen LogP contribution in [0.2, 0.25) is 10.0 Å². The molecule has 0 bridgehead atoms. The molecule has 1 fully saturated rings. The molecule has 0 atom stereocenters. The van der Waals surface area contributed by atoms with E-state index in [9.17, 15) is 9.59 Å². The number of carbonyl (C=O) groups is 2. The topological polar surface area (TPSA) is 61.8 Å². The summed E-state index contributed by atoms with van der Waals surface area (Å²) in [7, 11) is 0. The van der Waals surface area contributed by atoms with Crippen molar-refractivity contribution in [2.24, 2.45) is 0 Å². The SMILES string of the molecule is CC1(C)OC(=O)C(=Cc2cccc(OCc3ccc(Cl)cc3Cl)c2)C(=O)O1. The van der Waals surface area contributed by atoms with Crippen molar-refractivity contribution >= 4 is 41.2 Å². The van der Waals surface area contributed by atoms with Crippen LogP contribution in [0.1, 0.15) is 25.0 Å². The average Bonchev–Trinajstić information content (AvgIpc) is 2.57. The lowest BCUT2D eigenvalue weighted by Crippen LogP contribution is -2.41. The van der Waals surface area contributed by atoms with Gasteiger partial charge in [-0.05, 0) is 35.9 Å². The van der Waals surface area contributed by atoms with Crippen molar-refractivity contribution in [1.29, 1.82) is 0 Å². The van der Waals surface area contributed by atoms with Gasteiger partial charge in [0.25, 0.3) is 5.79 Å². The van der Waals surface area contributed by atoms with Crippen LogP contribution in [0.4, 0.5) is 0 Å². The van der Waals surface area contributed by atoms with Crippen LogP contribution in [-0.4, -0.2) is 17.7 Å². The van der Waals surface area contributed by atoms with Crippen molar-refractivity contribution in [2.45, 2.75) is 26.2 Å². The minimum Gasteiger partial charge on any atom is -0.489 e. The van der Waals surface area contributed by atoms with E-state index in [2.05, 4.69) is 0 Å². The second-order valence-corrected chi connectivity index (χ2v) is 7.18. The molecule has 0 aliphatic carbocycles. The normalized spacial score (nSPS) is 15.8. The zero-order valence-electron chi connectivity index (χ0n) is 14.6. The molecule has 2 aromatic rings. The molecule has 1 saturated heterocycles. The van der Waals surface area contributed by atoms with E-state index < -0.39 is 17.7 Å². The molecule has 0 amide bonds. The fourth-order valence-electron chi connectivity index (χ4n) is 2.44. The van der Waals surface area contributed by atoms with E-state index in [0.29, 0.717) is 21.4 Å². The van der Waals surface area contributed by atoms with Crippen LogP contribution in [-0.2, 0) is 25.7 Å². The Bertz CT molecular complexity index is 912. The fraction of sp³-hybridized carbons (Fsp3) is 0.200. The van der Waals surface area contributed by atoms with Gasteiger partial charge >= 0.3 is 11.9 Å². The predicted molar refractivity (Wildman–Crippen MR) is 101 cm³/mol. The summed E-state index contributed by atoms with van der Waals surface area (Å²) in [4.78, 5) is 24.1. The molecule has 1 heterocycles. The molecule has 2 aromatic carbocycles. The molecule has 0 unspecified atom stereocenters. The highest BCUT2D eigenvalue weighted by atomic mass is 35.5. The zero-order chi connectivity index (χ0) is 19.6. The van der Waals surface area contributed by atoms with Gasteiger partial charge in [-0.25, -0.2) is 9.59 Å². The lowest BCUT2D eigenvalue weighted by molar-refractivity contribution is -0.222. The maximum atomic E-state index is 12.0. The molecule has 1 aliphatic heterocycles. The number of hydrogen-bond donors (Lipinski definition) is 0. The largest absolute Gasteiger partial charge is 0.489 e. The molecule has 27 heavy (non-hydrogen) atoms. The summed E-state index contributed by atoms with van der Waals surface area (Å²) in [5.74, 6) is -2.17. The van der Waals surface area contributed by atoms with Gasteiger partial charge in [0.2, 0.25) is 0 Å². The maximum Gasteiger partial charge on any atom is 0.348 e. The van der Waals surface area contributed by atoms with Crippen LogP contribution in [0.3, 0.4) is 0 Å². The number of carbonyl (C=O) groups excluding carboxylic acids is 2. The van der Waals surface area contributed by atoms with Gasteiger partial charge in [0.05, 0.1) is 0 Å². The Morgan fingerprint density at radius 3 is 2.41 bits per heavy atom. The maximum absolute atomic E-state index is 12.0. The lowest BCUT2D eigenvalue weighted by Gasteiger charge is -2.29. The Hall–Kier alpha value is -2.50. The van der Waals surface area contributed by atoms with E-state index in [1.54, 1.807) is 42.5 Å². The Labute approximate surface area is 166 Å². The summed E-state index contributed by atoms with van der Waals surface area (Å²) in [5, 5.41) is 1.06. The molecule has 0 aromatic heterocycles. The van der Waals surface area contributed by atoms with Gasteiger partial charge in [0.15, 0.2) is 0 Å². The lowest BCUT2D eigenvalue weighted by atomic mass is 10.1. The first-order valence-corrected chi connectivity index (χ1v) is 8.84. The standard InChI is InChI=1S/C20H16Cl2O5/c1-20(2)26-18(23)16(19(24)27-20)9-12-4-3-5-15(8-12)25-11-13-6-7-14(21)10-17(13)22/h3-10H,11H2,1-2H3. The van der Waals surface area contributed by atoms with Gasteiger partial charge in [-0.15, -0.1) is 0 Å². The minimum atomic E-state index is -1.27. The van der Waals surface area contributed by atoms with E-state index in [1.165, 1.54) is 19.9 Å². The third kappa shape index (κ3) is 4.81. The Morgan fingerprint density at radius 1 is 1.04 bits per heavy atom. The van der Waals surface area contributed by atoms with Crippen molar-refractivity contribution in [2.75, 3.05) is 0 Å². The monoisotopic (exact) mass is 406 g/mol. The molecule has 1 aliphatic rings. The minimum absolute atomic E-state index is 0.174. The third-order valence-electron chi connectivity index (χ3n) is 3.70. The quantitative estimate of drug-likeness (QED) is 0.414. The molecule has 5 nitrogen and oxygen atoms in total. The van der Waals surface area contributed by atoms with E-state index in [1.807, 2.05) is 0 Å². The van der Waals surface area contributed by atoms with Crippen molar-refractivity contribution < 1.29 is 23.8 Å². The first kappa shape index (κ1) is 19.3. The summed E-state index contributed by atoms with van der Waals surface area (Å²) in [6.07, 6.45) is 1.40. The van der Waals surface area contributed by atoms with Gasteiger partial charge in [-0.3, -0.25) is 0 Å². The predicted octanol–water partition coefficient (Wildman–Crippen LogP) is 4.79. The van der Waals surface area contributed by atoms with Crippen LogP contribution in [0.25, 0.3) is 6.08 Å². The van der Waals surface area contributed by atoms with Gasteiger partial charge in [0.1, 0.15) is 17.9 Å². The molecule has 0 saturated carbocycles. The van der Waals surface area contributed by atoms with Gasteiger partial charge in [0, 0.05) is 29.5 Å². The number of cyclic esters (lactones) is 2. The first-order valence-electron chi connectivity index (χ1n) is 8.09. The Balaban J connectivity index is 1.76. The molecule has 3 rings (SSSR count). The molecule has 7 heteroatoms. The average molecular weight is 407 g/mol. The molecular weight excluding hydrogens is 391 g/mol. The summed E-state index contributed by atoms with van der Waals surface area (Å²) in [6, 6.07) is 12.1. The van der Waals surface area contributed by atoms with Gasteiger partial charge in [-0.1, -0.05) is 41.4 Å². The number of halogens is 2. The summed E-state index contributed by atoms with van der Waals surface area (Å²) in [6.45, 7) is 3.24. The second-order valence-electron chi connectivity index (χ2n) is 6.33. The van der Waals surface area contributed by atoms with Crippen LogP contribution in [0.5, 0.6) is 5.75 Å². The van der Waals surface area contributed by atoms with E-state index in [4.69, 9.17) is 37.4 Å². The van der Waals surface area contributed by atoms with E-state index in [0.717, 1.165) is 5.56 Å². The fourth-order valence-corrected chi connectivity index (χ4v) is 2.90. The number of benzene rings is 2. The van der Waals surface area contributed by atoms with Crippen LogP contribution in [0, 0.1) is 0 Å². The van der Waals surface area contributed by atoms with Crippen molar-refractivity contribution in [3.8, 4) is 5.75 Å². The van der Waals surface area contributed by atoms with Crippen LogP contribution >= 0.6 is 23.2 Å². The Kier molecular flexibility index (Phi) is 5.44. The summed E-state index contributed by atoms with van der Waals surface area (Å²) in [5.41, 5.74) is 1.21. The number of ether oxygens (including phenoxy) is 3. The van der Waals surface area contributed by atoms with Crippen molar-refractivity contribution in [1.82, 2.24) is 0 Å². The van der Waals surface area contributed by atoms with Crippen LogP contribution < -0.4 is 4.74 Å². The molecule has 0 N–H and O–H groups in total. The highest BCUT2D eigenvalue weighted by Gasteiger charge is 2.38. The highest BCUT2D eigenvalue weighted by molar-refractivity contribution is 6.35. The third-order valence-corrected chi connectivity index (χ3v) is 4.28. The number of rotatable bonds is 4. The van der Waals surface area contributed by atoms with Crippen LogP contribution in [0.15, 0.2) is 48.0 Å². The first-order chi connectivity index (χ1) is 12.7.